The van der Waals surface area contributed by atoms with Crippen molar-refractivity contribution in [1.82, 2.24) is 9.79 Å². The zero-order valence-corrected chi connectivity index (χ0v) is 18.8. The number of morpholine rings is 1. The van der Waals surface area contributed by atoms with E-state index in [2.05, 4.69) is 6.07 Å². The first-order valence-corrected chi connectivity index (χ1v) is 11.5. The molecule has 2 aromatic carbocycles. The molecule has 0 bridgehead atoms. The van der Waals surface area contributed by atoms with Gasteiger partial charge in [-0.25, -0.2) is 13.9 Å². The molecular weight excluding hydrogens is 420 g/mol. The van der Waals surface area contributed by atoms with Crippen LogP contribution in [-0.2, 0) is 26.2 Å². The molecule has 2 aromatic rings. The first-order chi connectivity index (χ1) is 14.6. The van der Waals surface area contributed by atoms with Gasteiger partial charge in [0.05, 0.1) is 17.1 Å². The summed E-state index contributed by atoms with van der Waals surface area (Å²) in [5, 5.41) is 9.06. The van der Waals surface area contributed by atoms with Crippen molar-refractivity contribution >= 4 is 15.9 Å². The van der Waals surface area contributed by atoms with Crippen LogP contribution < -0.4 is 10.2 Å². The van der Waals surface area contributed by atoms with E-state index in [0.29, 0.717) is 12.4 Å². The smallest absolute Gasteiger partial charge is 0.264 e. The number of sulfonamides is 1. The van der Waals surface area contributed by atoms with Crippen LogP contribution in [0.2, 0.25) is 0 Å². The summed E-state index contributed by atoms with van der Waals surface area (Å²) in [5.74, 6) is -0.301. The fourth-order valence-corrected chi connectivity index (χ4v) is 5.43. The fraction of sp³-hybridized carbons (Fsp3) is 0.409. The van der Waals surface area contributed by atoms with Gasteiger partial charge in [-0.05, 0) is 63.1 Å². The van der Waals surface area contributed by atoms with E-state index in [-0.39, 0.29) is 11.4 Å². The number of carbonyl (C=O) groups excluding carboxylic acids is 1. The Bertz CT molecular complexity index is 1040. The lowest BCUT2D eigenvalue weighted by molar-refractivity contribution is -0.146. The van der Waals surface area contributed by atoms with E-state index in [1.165, 1.54) is 17.6 Å². The second-order valence-electron chi connectivity index (χ2n) is 7.84. The Hall–Kier alpha value is -2.46. The minimum absolute atomic E-state index is 0.00432. The number of ether oxygens (including phenoxy) is 2. The molecule has 1 amide bonds. The highest BCUT2D eigenvalue weighted by Gasteiger charge is 2.44. The molecule has 31 heavy (non-hydrogen) atoms. The van der Waals surface area contributed by atoms with Gasteiger partial charge in [0.15, 0.2) is 0 Å². The SMILES string of the molecule is Cc1ccc(C)c(COc2ccc(S(=O)(=O)N3C[C@H](C)O[C@@H](C)[C@@H]3C(=O)NO)cc2)c1. The lowest BCUT2D eigenvalue weighted by atomic mass is 10.1. The molecule has 8 nitrogen and oxygen atoms in total. The predicted molar refractivity (Wildman–Crippen MR) is 114 cm³/mol. The minimum atomic E-state index is -4.00. The van der Waals surface area contributed by atoms with Gasteiger partial charge in [0.1, 0.15) is 18.4 Å². The number of nitrogens with one attached hydrogen (secondary N) is 1. The van der Waals surface area contributed by atoms with Crippen molar-refractivity contribution < 1.29 is 27.9 Å². The van der Waals surface area contributed by atoms with Gasteiger partial charge in [-0.2, -0.15) is 4.31 Å². The highest BCUT2D eigenvalue weighted by molar-refractivity contribution is 7.89. The molecule has 3 atom stereocenters. The lowest BCUT2D eigenvalue weighted by Gasteiger charge is -2.40. The lowest BCUT2D eigenvalue weighted by Crippen LogP contribution is -2.60. The van der Waals surface area contributed by atoms with Crippen molar-refractivity contribution in [3.05, 3.63) is 59.2 Å². The van der Waals surface area contributed by atoms with Crippen molar-refractivity contribution in [2.45, 2.75) is 57.4 Å². The zero-order chi connectivity index (χ0) is 22.8. The Morgan fingerprint density at radius 2 is 1.87 bits per heavy atom. The Morgan fingerprint density at radius 3 is 2.52 bits per heavy atom. The quantitative estimate of drug-likeness (QED) is 0.520. The van der Waals surface area contributed by atoms with Crippen LogP contribution in [0.5, 0.6) is 5.75 Å². The number of rotatable bonds is 6. The molecule has 9 heteroatoms. The van der Waals surface area contributed by atoms with Crippen LogP contribution in [0.3, 0.4) is 0 Å². The molecule has 168 valence electrons. The molecule has 0 aliphatic carbocycles. The van der Waals surface area contributed by atoms with Gasteiger partial charge in [-0.15, -0.1) is 0 Å². The summed E-state index contributed by atoms with van der Waals surface area (Å²) in [6, 6.07) is 11.0. The molecule has 1 aliphatic rings. The van der Waals surface area contributed by atoms with E-state index >= 15 is 0 Å². The largest absolute Gasteiger partial charge is 0.489 e. The van der Waals surface area contributed by atoms with Crippen LogP contribution in [0.25, 0.3) is 0 Å². The molecule has 1 saturated heterocycles. The van der Waals surface area contributed by atoms with Gasteiger partial charge in [0, 0.05) is 6.54 Å². The third kappa shape index (κ3) is 5.07. The molecule has 0 radical (unpaired) electrons. The number of hydrogen-bond acceptors (Lipinski definition) is 6. The summed E-state index contributed by atoms with van der Waals surface area (Å²) >= 11 is 0. The van der Waals surface area contributed by atoms with Gasteiger partial charge in [0.2, 0.25) is 10.0 Å². The van der Waals surface area contributed by atoms with E-state index in [0.717, 1.165) is 21.0 Å². The van der Waals surface area contributed by atoms with Gasteiger partial charge in [-0.3, -0.25) is 10.0 Å². The average molecular weight is 449 g/mol. The van der Waals surface area contributed by atoms with Crippen LogP contribution in [0.15, 0.2) is 47.4 Å². The van der Waals surface area contributed by atoms with Crippen LogP contribution in [-0.4, -0.2) is 48.6 Å². The second-order valence-corrected chi connectivity index (χ2v) is 9.73. The number of aryl methyl sites for hydroxylation is 2. The van der Waals surface area contributed by atoms with Gasteiger partial charge >= 0.3 is 0 Å². The molecule has 0 unspecified atom stereocenters. The maximum absolute atomic E-state index is 13.2. The van der Waals surface area contributed by atoms with Crippen LogP contribution >= 0.6 is 0 Å². The molecule has 0 saturated carbocycles. The molecule has 2 N–H and O–H groups in total. The molecule has 0 spiro atoms. The van der Waals surface area contributed by atoms with E-state index in [1.807, 2.05) is 26.0 Å². The van der Waals surface area contributed by atoms with Crippen molar-refractivity contribution in [1.29, 1.82) is 0 Å². The number of hydroxylamine groups is 1. The van der Waals surface area contributed by atoms with E-state index in [9.17, 15) is 13.2 Å². The third-order valence-corrected chi connectivity index (χ3v) is 7.21. The van der Waals surface area contributed by atoms with Crippen molar-refractivity contribution in [2.24, 2.45) is 0 Å². The summed E-state index contributed by atoms with van der Waals surface area (Å²) < 4.78 is 39.0. The maximum atomic E-state index is 13.2. The highest BCUT2D eigenvalue weighted by Crippen LogP contribution is 2.27. The van der Waals surface area contributed by atoms with Crippen molar-refractivity contribution in [2.75, 3.05) is 6.54 Å². The van der Waals surface area contributed by atoms with Crippen LogP contribution in [0.1, 0.15) is 30.5 Å². The summed E-state index contributed by atoms with van der Waals surface area (Å²) in [6.07, 6.45) is -1.11. The van der Waals surface area contributed by atoms with E-state index in [4.69, 9.17) is 14.7 Å². The molecule has 3 rings (SSSR count). The summed E-state index contributed by atoms with van der Waals surface area (Å²) in [7, 11) is -4.00. The zero-order valence-electron chi connectivity index (χ0n) is 18.0. The molecular formula is C22H28N2O6S. The van der Waals surface area contributed by atoms with Crippen LogP contribution in [0, 0.1) is 13.8 Å². The van der Waals surface area contributed by atoms with E-state index < -0.39 is 34.2 Å². The standard InChI is InChI=1S/C22H28N2O6S/c1-14-5-6-15(2)18(11-14)13-29-19-7-9-20(10-8-19)31(27,28)24-12-16(3)30-17(4)21(24)22(25)23-26/h5-11,16-17,21,26H,12-13H2,1-4H3,(H,23,25)/t16-,17-,21+/m0/s1. The first-order valence-electron chi connectivity index (χ1n) is 10.0. The summed E-state index contributed by atoms with van der Waals surface area (Å²) in [4.78, 5) is 12.2. The Balaban J connectivity index is 1.79. The molecule has 1 heterocycles. The molecule has 0 aromatic heterocycles. The predicted octanol–water partition coefficient (Wildman–Crippen LogP) is 2.55. The highest BCUT2D eigenvalue weighted by atomic mass is 32.2. The van der Waals surface area contributed by atoms with Crippen molar-refractivity contribution in [3.63, 3.8) is 0 Å². The fourth-order valence-electron chi connectivity index (χ4n) is 3.70. The summed E-state index contributed by atoms with van der Waals surface area (Å²) in [5.41, 5.74) is 4.86. The number of carbonyl (C=O) groups is 1. The topological polar surface area (TPSA) is 105 Å². The maximum Gasteiger partial charge on any atom is 0.264 e. The van der Waals surface area contributed by atoms with Gasteiger partial charge in [-0.1, -0.05) is 23.8 Å². The second kappa shape index (κ2) is 9.35. The Kier molecular flexibility index (Phi) is 7.00. The molecule has 1 aliphatic heterocycles. The van der Waals surface area contributed by atoms with Gasteiger partial charge in [0.25, 0.3) is 5.91 Å². The number of nitrogens with zero attached hydrogens (tertiary/aromatic N) is 1. The van der Waals surface area contributed by atoms with E-state index in [1.54, 1.807) is 26.0 Å². The summed E-state index contributed by atoms with van der Waals surface area (Å²) in [6.45, 7) is 7.72. The van der Waals surface area contributed by atoms with Crippen LogP contribution in [0.4, 0.5) is 0 Å². The van der Waals surface area contributed by atoms with Gasteiger partial charge < -0.3 is 9.47 Å². The first kappa shape index (κ1) is 23.2. The average Bonchev–Trinajstić information content (AvgIpc) is 2.73. The normalized spacial score (nSPS) is 22.2. The Morgan fingerprint density at radius 1 is 1.19 bits per heavy atom. The van der Waals surface area contributed by atoms with Crippen molar-refractivity contribution in [3.8, 4) is 5.75 Å². The molecule has 1 fully saturated rings. The third-order valence-electron chi connectivity index (χ3n) is 5.35. The number of hydrogen-bond donors (Lipinski definition) is 2. The number of amides is 1. The monoisotopic (exact) mass is 448 g/mol. The Labute approximate surface area is 182 Å². The number of benzene rings is 2. The minimum Gasteiger partial charge on any atom is -0.489 e.